The number of nitrogens with zero attached hydrogens (tertiary/aromatic N) is 1. The van der Waals surface area contributed by atoms with Gasteiger partial charge in [0.15, 0.2) is 0 Å². The number of thiocarbonyl (C=S) groups is 1. The first kappa shape index (κ1) is 17.5. The lowest BCUT2D eigenvalue weighted by Gasteiger charge is -2.20. The van der Waals surface area contributed by atoms with Crippen molar-refractivity contribution >= 4 is 45.8 Å². The molecule has 1 aromatic carbocycles. The van der Waals surface area contributed by atoms with E-state index in [9.17, 15) is 9.59 Å². The van der Waals surface area contributed by atoms with Crippen molar-refractivity contribution in [1.82, 2.24) is 4.90 Å². The lowest BCUT2D eigenvalue weighted by atomic mass is 10.2. The first-order chi connectivity index (χ1) is 9.97. The molecular formula is C14H19N3O2S2. The summed E-state index contributed by atoms with van der Waals surface area (Å²) in [6.07, 6.45) is 0. The summed E-state index contributed by atoms with van der Waals surface area (Å²) < 4.78 is 0.722. The SMILES string of the molecule is CCN(CC)C(=S)SCC(=O)Nc1ccc(C(N)=O)cc1. The van der Waals surface area contributed by atoms with Gasteiger partial charge in [-0.2, -0.15) is 0 Å². The number of nitrogens with one attached hydrogen (secondary N) is 1. The van der Waals surface area contributed by atoms with Crippen LogP contribution in [-0.2, 0) is 4.79 Å². The smallest absolute Gasteiger partial charge is 0.248 e. The summed E-state index contributed by atoms with van der Waals surface area (Å²) >= 11 is 6.60. The van der Waals surface area contributed by atoms with E-state index in [1.54, 1.807) is 24.3 Å². The molecule has 0 aliphatic carbocycles. The maximum Gasteiger partial charge on any atom is 0.248 e. The van der Waals surface area contributed by atoms with Crippen LogP contribution in [0, 0.1) is 0 Å². The summed E-state index contributed by atoms with van der Waals surface area (Å²) in [5, 5.41) is 2.75. The molecule has 0 bridgehead atoms. The Kier molecular flexibility index (Phi) is 7.18. The predicted molar refractivity (Wildman–Crippen MR) is 91.6 cm³/mol. The monoisotopic (exact) mass is 325 g/mol. The second kappa shape index (κ2) is 8.63. The number of anilines is 1. The van der Waals surface area contributed by atoms with Gasteiger partial charge in [-0.25, -0.2) is 0 Å². The molecule has 0 atom stereocenters. The summed E-state index contributed by atoms with van der Waals surface area (Å²) in [4.78, 5) is 24.8. The molecule has 0 saturated carbocycles. The summed E-state index contributed by atoms with van der Waals surface area (Å²) in [5.74, 6) is -0.373. The molecule has 0 aliphatic rings. The highest BCUT2D eigenvalue weighted by Gasteiger charge is 2.09. The number of rotatable bonds is 6. The summed E-state index contributed by atoms with van der Waals surface area (Å²) in [5.41, 5.74) is 6.18. The molecule has 0 radical (unpaired) electrons. The molecule has 3 N–H and O–H groups in total. The van der Waals surface area contributed by atoms with Crippen LogP contribution in [0.4, 0.5) is 5.69 Å². The number of hydrogen-bond donors (Lipinski definition) is 2. The van der Waals surface area contributed by atoms with Gasteiger partial charge >= 0.3 is 0 Å². The van der Waals surface area contributed by atoms with E-state index in [2.05, 4.69) is 5.32 Å². The third kappa shape index (κ3) is 5.73. The highest BCUT2D eigenvalue weighted by molar-refractivity contribution is 8.23. The van der Waals surface area contributed by atoms with Crippen LogP contribution < -0.4 is 11.1 Å². The van der Waals surface area contributed by atoms with Crippen molar-refractivity contribution in [3.05, 3.63) is 29.8 Å². The Morgan fingerprint density at radius 1 is 1.24 bits per heavy atom. The van der Waals surface area contributed by atoms with E-state index in [1.807, 2.05) is 18.7 Å². The number of carbonyl (C=O) groups excluding carboxylic acids is 2. The van der Waals surface area contributed by atoms with Gasteiger partial charge in [0.05, 0.1) is 5.75 Å². The molecule has 1 rings (SSSR count). The van der Waals surface area contributed by atoms with E-state index in [-0.39, 0.29) is 11.7 Å². The van der Waals surface area contributed by atoms with Crippen LogP contribution in [0.3, 0.4) is 0 Å². The fourth-order valence-electron chi connectivity index (χ4n) is 1.62. The Hall–Kier alpha value is -1.60. The maximum absolute atomic E-state index is 11.8. The number of carbonyl (C=O) groups is 2. The number of primary amides is 1. The molecule has 0 fully saturated rings. The van der Waals surface area contributed by atoms with E-state index in [4.69, 9.17) is 18.0 Å². The van der Waals surface area contributed by atoms with Crippen molar-refractivity contribution in [2.75, 3.05) is 24.2 Å². The van der Waals surface area contributed by atoms with E-state index in [0.29, 0.717) is 11.3 Å². The van der Waals surface area contributed by atoms with E-state index in [1.165, 1.54) is 11.8 Å². The molecule has 0 unspecified atom stereocenters. The van der Waals surface area contributed by atoms with Crippen LogP contribution in [0.5, 0.6) is 0 Å². The zero-order valence-corrected chi connectivity index (χ0v) is 13.7. The first-order valence-corrected chi connectivity index (χ1v) is 7.98. The highest BCUT2D eigenvalue weighted by Crippen LogP contribution is 2.12. The van der Waals surface area contributed by atoms with Gasteiger partial charge in [-0.3, -0.25) is 9.59 Å². The zero-order chi connectivity index (χ0) is 15.8. The molecule has 0 saturated heterocycles. The molecule has 1 aromatic rings. The van der Waals surface area contributed by atoms with Crippen molar-refractivity contribution < 1.29 is 9.59 Å². The molecule has 2 amide bonds. The van der Waals surface area contributed by atoms with Crippen LogP contribution >= 0.6 is 24.0 Å². The quantitative estimate of drug-likeness (QED) is 0.783. The topological polar surface area (TPSA) is 75.4 Å². The molecular weight excluding hydrogens is 306 g/mol. The van der Waals surface area contributed by atoms with Crippen molar-refractivity contribution in [3.8, 4) is 0 Å². The second-order valence-corrected chi connectivity index (χ2v) is 5.83. The Morgan fingerprint density at radius 2 is 1.81 bits per heavy atom. The van der Waals surface area contributed by atoms with Crippen LogP contribution in [0.15, 0.2) is 24.3 Å². The van der Waals surface area contributed by atoms with Gasteiger partial charge < -0.3 is 16.0 Å². The van der Waals surface area contributed by atoms with Crippen LogP contribution in [0.1, 0.15) is 24.2 Å². The average Bonchev–Trinajstić information content (AvgIpc) is 2.47. The summed E-state index contributed by atoms with van der Waals surface area (Å²) in [7, 11) is 0. The van der Waals surface area contributed by atoms with Gasteiger partial charge in [0.25, 0.3) is 0 Å². The van der Waals surface area contributed by atoms with Crippen molar-refractivity contribution in [2.24, 2.45) is 5.73 Å². The average molecular weight is 325 g/mol. The number of amides is 2. The predicted octanol–water partition coefficient (Wildman–Crippen LogP) is 2.08. The van der Waals surface area contributed by atoms with Gasteiger partial charge in [-0.05, 0) is 38.1 Å². The number of nitrogens with two attached hydrogens (primary N) is 1. The molecule has 5 nitrogen and oxygen atoms in total. The first-order valence-electron chi connectivity index (χ1n) is 6.59. The normalized spacial score (nSPS) is 10.0. The molecule has 0 spiro atoms. The van der Waals surface area contributed by atoms with E-state index >= 15 is 0 Å². The van der Waals surface area contributed by atoms with Crippen molar-refractivity contribution in [3.63, 3.8) is 0 Å². The molecule has 114 valence electrons. The van der Waals surface area contributed by atoms with Gasteiger partial charge in [0.1, 0.15) is 4.32 Å². The summed E-state index contributed by atoms with van der Waals surface area (Å²) in [6.45, 7) is 5.71. The van der Waals surface area contributed by atoms with Gasteiger partial charge in [0, 0.05) is 24.3 Å². The van der Waals surface area contributed by atoms with Crippen molar-refractivity contribution in [1.29, 1.82) is 0 Å². The third-order valence-corrected chi connectivity index (χ3v) is 4.32. The second-order valence-electron chi connectivity index (χ2n) is 4.22. The van der Waals surface area contributed by atoms with Gasteiger partial charge in [0.2, 0.25) is 11.8 Å². The Morgan fingerprint density at radius 3 is 2.29 bits per heavy atom. The van der Waals surface area contributed by atoms with Crippen LogP contribution in [0.2, 0.25) is 0 Å². The number of thioether (sulfide) groups is 1. The molecule has 7 heteroatoms. The standard InChI is InChI=1S/C14H19N3O2S2/c1-3-17(4-2)14(20)21-9-12(18)16-11-7-5-10(6-8-11)13(15)19/h5-8H,3-4,9H2,1-2H3,(H2,15,19)(H,16,18). The molecule has 0 aliphatic heterocycles. The Labute approximate surface area is 134 Å². The number of benzene rings is 1. The fourth-order valence-corrected chi connectivity index (χ4v) is 2.82. The minimum Gasteiger partial charge on any atom is -0.366 e. The molecule has 21 heavy (non-hydrogen) atoms. The van der Waals surface area contributed by atoms with E-state index in [0.717, 1.165) is 17.4 Å². The van der Waals surface area contributed by atoms with Gasteiger partial charge in [-0.1, -0.05) is 24.0 Å². The minimum absolute atomic E-state index is 0.138. The molecule has 0 aromatic heterocycles. The lowest BCUT2D eigenvalue weighted by Crippen LogP contribution is -2.28. The highest BCUT2D eigenvalue weighted by atomic mass is 32.2. The number of hydrogen-bond acceptors (Lipinski definition) is 4. The van der Waals surface area contributed by atoms with E-state index < -0.39 is 5.91 Å². The van der Waals surface area contributed by atoms with Crippen LogP contribution in [-0.4, -0.2) is 39.9 Å². The van der Waals surface area contributed by atoms with Crippen molar-refractivity contribution in [2.45, 2.75) is 13.8 Å². The Bertz CT molecular complexity index is 513. The maximum atomic E-state index is 11.8. The van der Waals surface area contributed by atoms with Gasteiger partial charge in [-0.15, -0.1) is 0 Å². The minimum atomic E-state index is -0.493. The molecule has 0 heterocycles. The third-order valence-electron chi connectivity index (χ3n) is 2.80. The summed E-state index contributed by atoms with van der Waals surface area (Å²) in [6, 6.07) is 6.44. The van der Waals surface area contributed by atoms with Crippen LogP contribution in [0.25, 0.3) is 0 Å². The zero-order valence-electron chi connectivity index (χ0n) is 12.1. The fraction of sp³-hybridized carbons (Fsp3) is 0.357. The Balaban J connectivity index is 2.47. The lowest BCUT2D eigenvalue weighted by molar-refractivity contribution is -0.113. The largest absolute Gasteiger partial charge is 0.366 e.